The Labute approximate surface area is 103 Å². The molecule has 0 bridgehead atoms. The number of nitrogens with zero attached hydrogens (tertiary/aromatic N) is 2. The van der Waals surface area contributed by atoms with Crippen LogP contribution in [-0.2, 0) is 4.79 Å². The minimum atomic E-state index is 0.300. The lowest BCUT2D eigenvalue weighted by Gasteiger charge is -2.27. The number of rotatable bonds is 4. The van der Waals surface area contributed by atoms with Gasteiger partial charge in [-0.2, -0.15) is 0 Å². The molecule has 2 unspecified atom stereocenters. The standard InChI is InChI=1S/C12H21ClN2O/c1-2-14-5-3-4-11(14)9-15-8-10(7-13)6-12(15)16/h10-11H,2-9H2,1H3. The molecule has 0 aromatic rings. The topological polar surface area (TPSA) is 23.6 Å². The van der Waals surface area contributed by atoms with E-state index in [0.717, 1.165) is 19.6 Å². The Morgan fingerprint density at radius 2 is 2.31 bits per heavy atom. The molecule has 3 nitrogen and oxygen atoms in total. The number of likely N-dealkylation sites (N-methyl/N-ethyl adjacent to an activating group) is 1. The number of carbonyl (C=O) groups excluding carboxylic acids is 1. The number of hydrogen-bond donors (Lipinski definition) is 0. The maximum absolute atomic E-state index is 11.8. The van der Waals surface area contributed by atoms with E-state index in [1.54, 1.807) is 0 Å². The third-order valence-electron chi connectivity index (χ3n) is 3.85. The van der Waals surface area contributed by atoms with E-state index in [1.165, 1.54) is 19.4 Å². The maximum atomic E-state index is 11.8. The average molecular weight is 245 g/mol. The van der Waals surface area contributed by atoms with Crippen LogP contribution in [0.25, 0.3) is 0 Å². The highest BCUT2D eigenvalue weighted by molar-refractivity contribution is 6.18. The van der Waals surface area contributed by atoms with Gasteiger partial charge >= 0.3 is 0 Å². The summed E-state index contributed by atoms with van der Waals surface area (Å²) in [4.78, 5) is 16.3. The fourth-order valence-corrected chi connectivity index (χ4v) is 3.11. The highest BCUT2D eigenvalue weighted by atomic mass is 35.5. The molecule has 0 radical (unpaired) electrons. The van der Waals surface area contributed by atoms with Gasteiger partial charge in [-0.1, -0.05) is 6.92 Å². The SMILES string of the molecule is CCN1CCCC1CN1CC(CCl)CC1=O. The summed E-state index contributed by atoms with van der Waals surface area (Å²) in [6, 6.07) is 0.586. The van der Waals surface area contributed by atoms with Crippen molar-refractivity contribution in [2.75, 3.05) is 32.1 Å². The molecule has 0 N–H and O–H groups in total. The molecule has 2 aliphatic rings. The first-order valence-corrected chi connectivity index (χ1v) is 6.85. The highest BCUT2D eigenvalue weighted by Crippen LogP contribution is 2.23. The molecule has 2 aliphatic heterocycles. The van der Waals surface area contributed by atoms with Crippen LogP contribution in [0, 0.1) is 5.92 Å². The van der Waals surface area contributed by atoms with Crippen molar-refractivity contribution in [3.63, 3.8) is 0 Å². The van der Waals surface area contributed by atoms with Gasteiger partial charge < -0.3 is 4.90 Å². The number of amides is 1. The Balaban J connectivity index is 1.87. The van der Waals surface area contributed by atoms with Gasteiger partial charge in [-0.15, -0.1) is 11.6 Å². The number of halogens is 1. The van der Waals surface area contributed by atoms with Crippen LogP contribution in [0.2, 0.25) is 0 Å². The van der Waals surface area contributed by atoms with E-state index in [0.29, 0.717) is 30.2 Å². The van der Waals surface area contributed by atoms with Gasteiger partial charge in [-0.25, -0.2) is 0 Å². The number of alkyl halides is 1. The normalized spacial score (nSPS) is 31.6. The third-order valence-corrected chi connectivity index (χ3v) is 4.29. The first kappa shape index (κ1) is 12.2. The predicted molar refractivity (Wildman–Crippen MR) is 65.7 cm³/mol. The summed E-state index contributed by atoms with van der Waals surface area (Å²) >= 11 is 5.82. The summed E-state index contributed by atoms with van der Waals surface area (Å²) < 4.78 is 0. The Hall–Kier alpha value is -0.280. The van der Waals surface area contributed by atoms with Crippen molar-refractivity contribution in [3.8, 4) is 0 Å². The number of likely N-dealkylation sites (tertiary alicyclic amines) is 2. The monoisotopic (exact) mass is 244 g/mol. The molecule has 2 rings (SSSR count). The second-order valence-electron chi connectivity index (χ2n) is 4.95. The maximum Gasteiger partial charge on any atom is 0.223 e. The molecule has 0 spiro atoms. The minimum Gasteiger partial charge on any atom is -0.341 e. The van der Waals surface area contributed by atoms with Crippen LogP contribution in [0.15, 0.2) is 0 Å². The van der Waals surface area contributed by atoms with Gasteiger partial charge in [0.25, 0.3) is 0 Å². The van der Waals surface area contributed by atoms with Gasteiger partial charge in [0, 0.05) is 31.4 Å². The van der Waals surface area contributed by atoms with Gasteiger partial charge in [0.2, 0.25) is 5.91 Å². The zero-order valence-electron chi connectivity index (χ0n) is 9.99. The van der Waals surface area contributed by atoms with Crippen LogP contribution < -0.4 is 0 Å². The van der Waals surface area contributed by atoms with Gasteiger partial charge in [0.15, 0.2) is 0 Å². The zero-order valence-corrected chi connectivity index (χ0v) is 10.7. The largest absolute Gasteiger partial charge is 0.341 e. The van der Waals surface area contributed by atoms with Crippen LogP contribution in [0.5, 0.6) is 0 Å². The van der Waals surface area contributed by atoms with Crippen molar-refractivity contribution in [2.45, 2.75) is 32.2 Å². The molecule has 16 heavy (non-hydrogen) atoms. The molecule has 0 saturated carbocycles. The van der Waals surface area contributed by atoms with Gasteiger partial charge in [0.1, 0.15) is 0 Å². The van der Waals surface area contributed by atoms with Crippen molar-refractivity contribution in [2.24, 2.45) is 5.92 Å². The minimum absolute atomic E-state index is 0.300. The average Bonchev–Trinajstić information content (AvgIpc) is 2.86. The van der Waals surface area contributed by atoms with E-state index >= 15 is 0 Å². The Bertz CT molecular complexity index is 259. The van der Waals surface area contributed by atoms with Crippen molar-refractivity contribution in [1.82, 2.24) is 9.80 Å². The lowest BCUT2D eigenvalue weighted by atomic mass is 10.1. The van der Waals surface area contributed by atoms with Gasteiger partial charge in [-0.05, 0) is 31.8 Å². The first-order valence-electron chi connectivity index (χ1n) is 6.32. The second kappa shape index (κ2) is 5.37. The zero-order chi connectivity index (χ0) is 11.5. The van der Waals surface area contributed by atoms with Crippen LogP contribution in [-0.4, -0.2) is 53.8 Å². The van der Waals surface area contributed by atoms with Crippen molar-refractivity contribution >= 4 is 17.5 Å². The Morgan fingerprint density at radius 3 is 2.94 bits per heavy atom. The molecule has 2 heterocycles. The quantitative estimate of drug-likeness (QED) is 0.701. The summed E-state index contributed by atoms with van der Waals surface area (Å²) in [5.74, 6) is 1.30. The number of carbonyl (C=O) groups is 1. The molecule has 2 atom stereocenters. The molecule has 2 fully saturated rings. The molecule has 92 valence electrons. The predicted octanol–water partition coefficient (Wildman–Crippen LogP) is 1.56. The fraction of sp³-hybridized carbons (Fsp3) is 0.917. The van der Waals surface area contributed by atoms with E-state index < -0.39 is 0 Å². The Kier molecular flexibility index (Phi) is 4.09. The number of hydrogen-bond acceptors (Lipinski definition) is 2. The van der Waals surface area contributed by atoms with E-state index in [1.807, 2.05) is 4.90 Å². The molecular formula is C12H21ClN2O. The van der Waals surface area contributed by atoms with E-state index in [2.05, 4.69) is 11.8 Å². The van der Waals surface area contributed by atoms with Crippen molar-refractivity contribution in [1.29, 1.82) is 0 Å². The summed E-state index contributed by atoms with van der Waals surface area (Å²) in [6.45, 7) is 6.29. The molecule has 0 aromatic carbocycles. The van der Waals surface area contributed by atoms with Crippen molar-refractivity contribution < 1.29 is 4.79 Å². The van der Waals surface area contributed by atoms with Gasteiger partial charge in [0.05, 0.1) is 0 Å². The molecule has 0 aromatic heterocycles. The molecular weight excluding hydrogens is 224 g/mol. The molecule has 2 saturated heterocycles. The summed E-state index contributed by atoms with van der Waals surface area (Å²) in [6.07, 6.45) is 3.17. The summed E-state index contributed by atoms with van der Waals surface area (Å²) in [7, 11) is 0. The van der Waals surface area contributed by atoms with Crippen LogP contribution >= 0.6 is 11.6 Å². The lowest BCUT2D eigenvalue weighted by molar-refractivity contribution is -0.128. The third kappa shape index (κ3) is 2.51. The van der Waals surface area contributed by atoms with Crippen LogP contribution in [0.1, 0.15) is 26.2 Å². The molecule has 1 amide bonds. The summed E-state index contributed by atoms with van der Waals surface area (Å²) in [5.41, 5.74) is 0. The lowest BCUT2D eigenvalue weighted by Crippen LogP contribution is -2.41. The molecule has 4 heteroatoms. The van der Waals surface area contributed by atoms with Crippen LogP contribution in [0.3, 0.4) is 0 Å². The van der Waals surface area contributed by atoms with E-state index in [9.17, 15) is 4.79 Å². The summed E-state index contributed by atoms with van der Waals surface area (Å²) in [5, 5.41) is 0. The van der Waals surface area contributed by atoms with E-state index in [-0.39, 0.29) is 0 Å². The Morgan fingerprint density at radius 1 is 1.50 bits per heavy atom. The smallest absolute Gasteiger partial charge is 0.223 e. The fourth-order valence-electron chi connectivity index (χ4n) is 2.91. The highest BCUT2D eigenvalue weighted by Gasteiger charge is 2.33. The van der Waals surface area contributed by atoms with Crippen LogP contribution in [0.4, 0.5) is 0 Å². The first-order chi connectivity index (χ1) is 7.74. The molecule has 0 aliphatic carbocycles. The second-order valence-corrected chi connectivity index (χ2v) is 5.26. The van der Waals surface area contributed by atoms with Crippen molar-refractivity contribution in [3.05, 3.63) is 0 Å². The van der Waals surface area contributed by atoms with E-state index in [4.69, 9.17) is 11.6 Å². The van der Waals surface area contributed by atoms with Gasteiger partial charge in [-0.3, -0.25) is 9.69 Å².